The van der Waals surface area contributed by atoms with Crippen LogP contribution in [0, 0.1) is 12.8 Å². The monoisotopic (exact) mass is 272 g/mol. The third-order valence-electron chi connectivity index (χ3n) is 4.49. The summed E-state index contributed by atoms with van der Waals surface area (Å²) >= 11 is 0. The van der Waals surface area contributed by atoms with Crippen molar-refractivity contribution in [1.82, 2.24) is 19.9 Å². The van der Waals surface area contributed by atoms with Crippen molar-refractivity contribution in [3.63, 3.8) is 0 Å². The van der Waals surface area contributed by atoms with Crippen molar-refractivity contribution in [2.45, 2.75) is 58.5 Å². The second-order valence-electron chi connectivity index (χ2n) is 5.99. The van der Waals surface area contributed by atoms with Crippen LogP contribution in [0.3, 0.4) is 0 Å². The minimum Gasteiger partial charge on any atom is -0.310 e. The molecule has 0 spiro atoms. The Balaban J connectivity index is 1.66. The summed E-state index contributed by atoms with van der Waals surface area (Å²) in [6, 6.07) is 2.68. The lowest BCUT2D eigenvalue weighted by molar-refractivity contribution is 0.254. The summed E-state index contributed by atoms with van der Waals surface area (Å²) in [6.45, 7) is 5.20. The van der Waals surface area contributed by atoms with E-state index in [2.05, 4.69) is 28.5 Å². The van der Waals surface area contributed by atoms with Crippen LogP contribution < -0.4 is 5.32 Å². The first-order valence-electron chi connectivity index (χ1n) is 7.80. The van der Waals surface area contributed by atoms with Gasteiger partial charge in [-0.25, -0.2) is 9.50 Å². The first-order valence-corrected chi connectivity index (χ1v) is 7.80. The Hall–Kier alpha value is -1.42. The highest BCUT2D eigenvalue weighted by atomic mass is 15.2. The maximum Gasteiger partial charge on any atom is 0.155 e. The Bertz CT molecular complexity index is 575. The Morgan fingerprint density at radius 3 is 3.05 bits per heavy atom. The second-order valence-corrected chi connectivity index (χ2v) is 5.99. The van der Waals surface area contributed by atoms with Gasteiger partial charge < -0.3 is 5.32 Å². The standard InChI is InChI=1S/C16H24N4/c1-3-14-6-4-5-7-15(14)17-9-13-10-18-16-8-12(2)19-20(16)11-13/h8,10-11,14-15,17H,3-7,9H2,1-2H3. The van der Waals surface area contributed by atoms with Gasteiger partial charge in [-0.3, -0.25) is 0 Å². The van der Waals surface area contributed by atoms with Crippen molar-refractivity contribution in [2.24, 2.45) is 5.92 Å². The molecule has 2 heterocycles. The first-order chi connectivity index (χ1) is 9.76. The Kier molecular flexibility index (Phi) is 4.01. The zero-order chi connectivity index (χ0) is 13.9. The highest BCUT2D eigenvalue weighted by Gasteiger charge is 2.22. The summed E-state index contributed by atoms with van der Waals surface area (Å²) in [4.78, 5) is 4.47. The molecule has 0 bridgehead atoms. The number of aromatic nitrogens is 3. The maximum absolute atomic E-state index is 4.47. The summed E-state index contributed by atoms with van der Waals surface area (Å²) in [6.07, 6.45) is 10.8. The van der Waals surface area contributed by atoms with Crippen molar-refractivity contribution >= 4 is 5.65 Å². The average Bonchev–Trinajstić information content (AvgIpc) is 2.84. The molecular formula is C16H24N4. The molecule has 108 valence electrons. The topological polar surface area (TPSA) is 42.2 Å². The van der Waals surface area contributed by atoms with Crippen LogP contribution in [0.25, 0.3) is 5.65 Å². The van der Waals surface area contributed by atoms with E-state index in [-0.39, 0.29) is 0 Å². The number of hydrogen-bond acceptors (Lipinski definition) is 3. The fourth-order valence-electron chi connectivity index (χ4n) is 3.34. The molecule has 0 amide bonds. The van der Waals surface area contributed by atoms with E-state index in [1.54, 1.807) is 0 Å². The number of fused-ring (bicyclic) bond motifs is 1. The van der Waals surface area contributed by atoms with E-state index >= 15 is 0 Å². The molecule has 0 aromatic carbocycles. The zero-order valence-electron chi connectivity index (χ0n) is 12.5. The van der Waals surface area contributed by atoms with Gasteiger partial charge in [-0.1, -0.05) is 26.2 Å². The predicted molar refractivity (Wildman–Crippen MR) is 80.6 cm³/mol. The minimum absolute atomic E-state index is 0.670. The lowest BCUT2D eigenvalue weighted by Gasteiger charge is -2.31. The molecule has 2 atom stereocenters. The highest BCUT2D eigenvalue weighted by Crippen LogP contribution is 2.26. The largest absolute Gasteiger partial charge is 0.310 e. The summed E-state index contributed by atoms with van der Waals surface area (Å²) < 4.78 is 1.88. The molecule has 4 heteroatoms. The fourth-order valence-corrected chi connectivity index (χ4v) is 3.34. The van der Waals surface area contributed by atoms with Crippen molar-refractivity contribution in [2.75, 3.05) is 0 Å². The van der Waals surface area contributed by atoms with Crippen molar-refractivity contribution in [1.29, 1.82) is 0 Å². The van der Waals surface area contributed by atoms with Crippen molar-refractivity contribution in [3.05, 3.63) is 29.7 Å². The molecule has 0 saturated heterocycles. The van der Waals surface area contributed by atoms with Gasteiger partial charge in [-0.05, 0) is 25.7 Å². The summed E-state index contributed by atoms with van der Waals surface area (Å²) in [5.74, 6) is 0.840. The van der Waals surface area contributed by atoms with Crippen LogP contribution in [0.5, 0.6) is 0 Å². The smallest absolute Gasteiger partial charge is 0.155 e. The lowest BCUT2D eigenvalue weighted by atomic mass is 9.83. The maximum atomic E-state index is 4.47. The number of rotatable bonds is 4. The van der Waals surface area contributed by atoms with Crippen LogP contribution in [0.15, 0.2) is 18.5 Å². The van der Waals surface area contributed by atoms with Gasteiger partial charge in [0.15, 0.2) is 5.65 Å². The molecular weight excluding hydrogens is 248 g/mol. The SMILES string of the molecule is CCC1CCCCC1NCc1cnc2cc(C)nn2c1. The molecule has 1 N–H and O–H groups in total. The van der Waals surface area contributed by atoms with Crippen LogP contribution in [-0.2, 0) is 6.54 Å². The molecule has 1 saturated carbocycles. The molecule has 2 aromatic rings. The van der Waals surface area contributed by atoms with E-state index in [0.29, 0.717) is 6.04 Å². The molecule has 1 aliphatic rings. The fraction of sp³-hybridized carbons (Fsp3) is 0.625. The van der Waals surface area contributed by atoms with E-state index in [9.17, 15) is 0 Å². The van der Waals surface area contributed by atoms with Gasteiger partial charge in [0.05, 0.1) is 5.69 Å². The number of nitrogens with one attached hydrogen (secondary N) is 1. The summed E-state index contributed by atoms with van der Waals surface area (Å²) in [5, 5.41) is 8.16. The van der Waals surface area contributed by atoms with E-state index in [4.69, 9.17) is 0 Å². The minimum atomic E-state index is 0.670. The normalized spacial score (nSPS) is 23.3. The molecule has 0 radical (unpaired) electrons. The third-order valence-corrected chi connectivity index (χ3v) is 4.49. The van der Waals surface area contributed by atoms with Gasteiger partial charge in [-0.2, -0.15) is 5.10 Å². The van der Waals surface area contributed by atoms with Crippen LogP contribution in [0.4, 0.5) is 0 Å². The Morgan fingerprint density at radius 1 is 1.35 bits per heavy atom. The molecule has 4 nitrogen and oxygen atoms in total. The number of hydrogen-bond donors (Lipinski definition) is 1. The highest BCUT2D eigenvalue weighted by molar-refractivity contribution is 5.38. The molecule has 1 fully saturated rings. The van der Waals surface area contributed by atoms with E-state index in [1.807, 2.05) is 23.7 Å². The van der Waals surface area contributed by atoms with E-state index in [0.717, 1.165) is 23.8 Å². The number of aryl methyl sites for hydroxylation is 1. The summed E-state index contributed by atoms with van der Waals surface area (Å²) in [7, 11) is 0. The van der Waals surface area contributed by atoms with Crippen LogP contribution >= 0.6 is 0 Å². The van der Waals surface area contributed by atoms with Gasteiger partial charge in [-0.15, -0.1) is 0 Å². The molecule has 1 aliphatic carbocycles. The average molecular weight is 272 g/mol. The van der Waals surface area contributed by atoms with Gasteiger partial charge >= 0.3 is 0 Å². The summed E-state index contributed by atoms with van der Waals surface area (Å²) in [5.41, 5.74) is 3.15. The predicted octanol–water partition coefficient (Wildman–Crippen LogP) is 3.10. The van der Waals surface area contributed by atoms with E-state index in [1.165, 1.54) is 37.7 Å². The Labute approximate surface area is 120 Å². The molecule has 2 unspecified atom stereocenters. The van der Waals surface area contributed by atoms with Crippen LogP contribution in [-0.4, -0.2) is 20.6 Å². The van der Waals surface area contributed by atoms with Crippen LogP contribution in [0.1, 0.15) is 50.3 Å². The zero-order valence-corrected chi connectivity index (χ0v) is 12.5. The number of nitrogens with zero attached hydrogens (tertiary/aromatic N) is 3. The van der Waals surface area contributed by atoms with Gasteiger partial charge in [0.1, 0.15) is 0 Å². The van der Waals surface area contributed by atoms with Gasteiger partial charge in [0.25, 0.3) is 0 Å². The van der Waals surface area contributed by atoms with Crippen molar-refractivity contribution < 1.29 is 0 Å². The van der Waals surface area contributed by atoms with Crippen molar-refractivity contribution in [3.8, 4) is 0 Å². The molecule has 3 rings (SSSR count). The lowest BCUT2D eigenvalue weighted by Crippen LogP contribution is -2.37. The second kappa shape index (κ2) is 5.92. The van der Waals surface area contributed by atoms with Gasteiger partial charge in [0.2, 0.25) is 0 Å². The molecule has 0 aliphatic heterocycles. The molecule has 20 heavy (non-hydrogen) atoms. The third kappa shape index (κ3) is 2.85. The molecule has 2 aromatic heterocycles. The first kappa shape index (κ1) is 13.6. The van der Waals surface area contributed by atoms with Gasteiger partial charge in [0, 0.05) is 36.6 Å². The quantitative estimate of drug-likeness (QED) is 0.930. The Morgan fingerprint density at radius 2 is 2.20 bits per heavy atom. The van der Waals surface area contributed by atoms with E-state index < -0.39 is 0 Å². The van der Waals surface area contributed by atoms with Crippen LogP contribution in [0.2, 0.25) is 0 Å².